The topological polar surface area (TPSA) is 63.1 Å². The van der Waals surface area contributed by atoms with Gasteiger partial charge in [0.15, 0.2) is 5.82 Å². The highest BCUT2D eigenvalue weighted by atomic mass is 32.1. The van der Waals surface area contributed by atoms with Crippen molar-refractivity contribution in [1.29, 1.82) is 0 Å². The molecule has 4 rings (SSSR count). The average molecular weight is 351 g/mol. The Morgan fingerprint density at radius 1 is 1.25 bits per heavy atom. The van der Waals surface area contributed by atoms with Crippen LogP contribution in [0.2, 0.25) is 0 Å². The zero-order valence-electron chi connectivity index (χ0n) is 12.8. The average Bonchev–Trinajstić information content (AvgIpc) is 3.25. The molecule has 0 unspecified atom stereocenters. The van der Waals surface area contributed by atoms with Gasteiger partial charge < -0.3 is 0 Å². The highest BCUT2D eigenvalue weighted by Gasteiger charge is 2.15. The normalized spacial score (nSPS) is 11.4. The summed E-state index contributed by atoms with van der Waals surface area (Å²) in [7, 11) is 0. The van der Waals surface area contributed by atoms with Gasteiger partial charge in [0.1, 0.15) is 6.33 Å². The lowest BCUT2D eigenvalue weighted by Gasteiger charge is -2.00. The smallest absolute Gasteiger partial charge is 0.167 e. The number of nitrogens with zero attached hydrogens (tertiary/aromatic N) is 4. The molecule has 0 aliphatic rings. The predicted octanol–water partition coefficient (Wildman–Crippen LogP) is 4.57. The summed E-state index contributed by atoms with van der Waals surface area (Å²) in [4.78, 5) is 14.1. The van der Waals surface area contributed by atoms with Crippen molar-refractivity contribution >= 4 is 44.9 Å². The van der Waals surface area contributed by atoms with Gasteiger partial charge in [0.05, 0.1) is 16.4 Å². The van der Waals surface area contributed by atoms with Crippen LogP contribution < -0.4 is 5.43 Å². The first-order valence-electron chi connectivity index (χ1n) is 7.28. The molecule has 0 fully saturated rings. The predicted molar refractivity (Wildman–Crippen MR) is 101 cm³/mol. The number of anilines is 1. The van der Waals surface area contributed by atoms with E-state index in [4.69, 9.17) is 0 Å². The summed E-state index contributed by atoms with van der Waals surface area (Å²) < 4.78 is 1.01. The van der Waals surface area contributed by atoms with E-state index in [0.717, 1.165) is 21.6 Å². The first-order valence-corrected chi connectivity index (χ1v) is 9.04. The van der Waals surface area contributed by atoms with Gasteiger partial charge in [0.2, 0.25) is 0 Å². The van der Waals surface area contributed by atoms with E-state index < -0.39 is 0 Å². The number of hydrogen-bond donors (Lipinski definition) is 1. The number of rotatable bonds is 4. The Balaban J connectivity index is 1.69. The van der Waals surface area contributed by atoms with Crippen molar-refractivity contribution in [3.8, 4) is 10.4 Å². The molecular weight excluding hydrogens is 338 g/mol. The molecule has 0 radical (unpaired) electrons. The van der Waals surface area contributed by atoms with Crippen LogP contribution in [0, 0.1) is 6.92 Å². The molecule has 0 aliphatic carbocycles. The van der Waals surface area contributed by atoms with Gasteiger partial charge in [0, 0.05) is 28.4 Å². The molecule has 0 amide bonds. The van der Waals surface area contributed by atoms with Crippen molar-refractivity contribution in [1.82, 2.24) is 15.0 Å². The van der Waals surface area contributed by atoms with Crippen LogP contribution in [-0.2, 0) is 0 Å². The number of hydrogen-bond acceptors (Lipinski definition) is 7. The lowest BCUT2D eigenvalue weighted by molar-refractivity contribution is 1.18. The van der Waals surface area contributed by atoms with Gasteiger partial charge >= 0.3 is 0 Å². The van der Waals surface area contributed by atoms with Gasteiger partial charge in [-0.25, -0.2) is 9.97 Å². The quantitative estimate of drug-likeness (QED) is 0.432. The maximum absolute atomic E-state index is 4.44. The molecule has 4 heterocycles. The highest BCUT2D eigenvalue weighted by Crippen LogP contribution is 2.40. The summed E-state index contributed by atoms with van der Waals surface area (Å²) >= 11 is 3.38. The van der Waals surface area contributed by atoms with Crippen LogP contribution in [0.5, 0.6) is 0 Å². The van der Waals surface area contributed by atoms with E-state index in [1.807, 2.05) is 12.1 Å². The zero-order chi connectivity index (χ0) is 16.4. The second-order valence-electron chi connectivity index (χ2n) is 5.12. The van der Waals surface area contributed by atoms with Crippen molar-refractivity contribution < 1.29 is 0 Å². The van der Waals surface area contributed by atoms with Crippen molar-refractivity contribution in [2.24, 2.45) is 5.10 Å². The van der Waals surface area contributed by atoms with Crippen LogP contribution in [0.1, 0.15) is 11.1 Å². The Morgan fingerprint density at radius 2 is 2.21 bits per heavy atom. The number of pyridine rings is 1. The van der Waals surface area contributed by atoms with Crippen LogP contribution in [0.3, 0.4) is 0 Å². The molecule has 0 spiro atoms. The molecule has 0 aromatic carbocycles. The molecule has 0 saturated heterocycles. The van der Waals surface area contributed by atoms with E-state index in [-0.39, 0.29) is 0 Å². The summed E-state index contributed by atoms with van der Waals surface area (Å²) in [6.07, 6.45) is 6.78. The molecule has 5 nitrogen and oxygen atoms in total. The van der Waals surface area contributed by atoms with Gasteiger partial charge in [0.25, 0.3) is 0 Å². The molecule has 0 atom stereocenters. The standard InChI is InChI=1S/C17H13N5S2/c1-11-14-16(24-15(11)13-4-6-23-9-13)17(20-10-19-14)22-21-8-12-3-2-5-18-7-12/h2-10H,1H3,(H,19,20,22)/b21-8+. The lowest BCUT2D eigenvalue weighted by atomic mass is 10.2. The molecule has 7 heteroatoms. The van der Waals surface area contributed by atoms with Gasteiger partial charge in [-0.05, 0) is 35.4 Å². The Labute approximate surface area is 146 Å². The molecule has 0 aliphatic heterocycles. The lowest BCUT2D eigenvalue weighted by Crippen LogP contribution is -1.94. The molecule has 118 valence electrons. The molecule has 24 heavy (non-hydrogen) atoms. The highest BCUT2D eigenvalue weighted by molar-refractivity contribution is 7.23. The maximum Gasteiger partial charge on any atom is 0.167 e. The third kappa shape index (κ3) is 2.79. The van der Waals surface area contributed by atoms with Crippen LogP contribution in [-0.4, -0.2) is 21.2 Å². The minimum Gasteiger partial charge on any atom is -0.264 e. The molecule has 1 N–H and O–H groups in total. The molecule has 4 aromatic heterocycles. The minimum absolute atomic E-state index is 0.717. The fourth-order valence-corrected chi connectivity index (χ4v) is 4.31. The first-order chi connectivity index (χ1) is 11.8. The van der Waals surface area contributed by atoms with E-state index >= 15 is 0 Å². The first kappa shape index (κ1) is 14.9. The van der Waals surface area contributed by atoms with Crippen LogP contribution in [0.15, 0.2) is 52.8 Å². The summed E-state index contributed by atoms with van der Waals surface area (Å²) in [5, 5.41) is 8.50. The van der Waals surface area contributed by atoms with Gasteiger partial charge in [-0.15, -0.1) is 11.3 Å². The number of thiophene rings is 2. The summed E-state index contributed by atoms with van der Waals surface area (Å²) in [6.45, 7) is 2.10. The van der Waals surface area contributed by atoms with Gasteiger partial charge in [-0.3, -0.25) is 10.4 Å². The van der Waals surface area contributed by atoms with E-state index in [0.29, 0.717) is 0 Å². The number of nitrogens with one attached hydrogen (secondary N) is 1. The fourth-order valence-electron chi connectivity index (χ4n) is 2.39. The van der Waals surface area contributed by atoms with Gasteiger partial charge in [-0.1, -0.05) is 6.07 Å². The van der Waals surface area contributed by atoms with E-state index in [9.17, 15) is 0 Å². The van der Waals surface area contributed by atoms with Crippen LogP contribution in [0.4, 0.5) is 5.82 Å². The van der Waals surface area contributed by atoms with Crippen molar-refractivity contribution in [3.63, 3.8) is 0 Å². The Hall–Kier alpha value is -2.64. The van der Waals surface area contributed by atoms with Crippen molar-refractivity contribution in [2.75, 3.05) is 5.43 Å². The Morgan fingerprint density at radius 3 is 3.00 bits per heavy atom. The Kier molecular flexibility index (Phi) is 4.02. The largest absolute Gasteiger partial charge is 0.264 e. The van der Waals surface area contributed by atoms with Crippen LogP contribution >= 0.6 is 22.7 Å². The van der Waals surface area contributed by atoms with E-state index in [1.165, 1.54) is 16.0 Å². The van der Waals surface area contributed by atoms with Crippen molar-refractivity contribution in [2.45, 2.75) is 6.92 Å². The number of aryl methyl sites for hydroxylation is 1. The van der Waals surface area contributed by atoms with Gasteiger partial charge in [-0.2, -0.15) is 16.4 Å². The molecule has 0 bridgehead atoms. The maximum atomic E-state index is 4.44. The summed E-state index contributed by atoms with van der Waals surface area (Å²) in [5.74, 6) is 0.717. The number of fused-ring (bicyclic) bond motifs is 1. The van der Waals surface area contributed by atoms with E-state index in [2.05, 4.69) is 49.2 Å². The Bertz CT molecular complexity index is 991. The number of hydrazone groups is 1. The summed E-state index contributed by atoms with van der Waals surface area (Å²) in [5.41, 5.74) is 7.32. The molecular formula is C17H13N5S2. The SMILES string of the molecule is Cc1c(-c2ccsc2)sc2c(N/N=C/c3cccnc3)ncnc12. The monoisotopic (exact) mass is 351 g/mol. The summed E-state index contributed by atoms with van der Waals surface area (Å²) in [6, 6.07) is 5.95. The molecule has 4 aromatic rings. The third-order valence-corrected chi connectivity index (χ3v) is 5.58. The minimum atomic E-state index is 0.717. The van der Waals surface area contributed by atoms with E-state index in [1.54, 1.807) is 47.6 Å². The second-order valence-corrected chi connectivity index (χ2v) is 6.93. The number of aromatic nitrogens is 3. The molecule has 0 saturated carbocycles. The van der Waals surface area contributed by atoms with Crippen molar-refractivity contribution in [3.05, 3.63) is 58.8 Å². The zero-order valence-corrected chi connectivity index (χ0v) is 14.4. The third-order valence-electron chi connectivity index (χ3n) is 3.56. The van der Waals surface area contributed by atoms with Crippen LogP contribution in [0.25, 0.3) is 20.7 Å². The second kappa shape index (κ2) is 6.46. The fraction of sp³-hybridized carbons (Fsp3) is 0.0588.